The van der Waals surface area contributed by atoms with Crippen molar-refractivity contribution in [1.29, 1.82) is 0 Å². The third-order valence-electron chi connectivity index (χ3n) is 2.98. The highest BCUT2D eigenvalue weighted by atomic mass is 19.1. The van der Waals surface area contributed by atoms with Crippen LogP contribution in [0, 0.1) is 0 Å². The Kier molecular flexibility index (Phi) is 5.41. The molecule has 1 saturated heterocycles. The first-order chi connectivity index (χ1) is 6.74. The minimum atomic E-state index is -0.616. The summed E-state index contributed by atoms with van der Waals surface area (Å²) in [6.07, 6.45) is 3.51. The van der Waals surface area contributed by atoms with Gasteiger partial charge in [-0.25, -0.2) is 4.39 Å². The van der Waals surface area contributed by atoms with Crippen molar-refractivity contribution >= 4 is 0 Å². The van der Waals surface area contributed by atoms with Crippen molar-refractivity contribution in [2.24, 2.45) is 0 Å². The molecule has 0 bridgehead atoms. The lowest BCUT2D eigenvalue weighted by atomic mass is 10.1. The van der Waals surface area contributed by atoms with E-state index in [4.69, 9.17) is 0 Å². The van der Waals surface area contributed by atoms with Crippen LogP contribution < -0.4 is 5.32 Å². The normalized spacial score (nSPS) is 27.4. The highest BCUT2D eigenvalue weighted by Crippen LogP contribution is 2.14. The minimum Gasteiger partial charge on any atom is -0.311 e. The monoisotopic (exact) mass is 202 g/mol. The molecule has 0 aromatic carbocycles. The topological polar surface area (TPSA) is 15.3 Å². The molecular weight excluding hydrogens is 179 g/mol. The van der Waals surface area contributed by atoms with Gasteiger partial charge in [0.1, 0.15) is 6.17 Å². The Hall–Kier alpha value is -0.150. The van der Waals surface area contributed by atoms with E-state index in [9.17, 15) is 4.39 Å². The molecule has 0 spiro atoms. The molecular formula is C11H23FN2. The number of halogens is 1. The van der Waals surface area contributed by atoms with E-state index in [-0.39, 0.29) is 6.04 Å². The lowest BCUT2D eigenvalue weighted by Crippen LogP contribution is -2.33. The van der Waals surface area contributed by atoms with E-state index < -0.39 is 6.17 Å². The quantitative estimate of drug-likeness (QED) is 0.706. The summed E-state index contributed by atoms with van der Waals surface area (Å²) in [5.41, 5.74) is 0. The number of nitrogens with zero attached hydrogens (tertiary/aromatic N) is 1. The first-order valence-electron chi connectivity index (χ1n) is 5.80. The van der Waals surface area contributed by atoms with Gasteiger partial charge in [0, 0.05) is 6.04 Å². The van der Waals surface area contributed by atoms with Crippen LogP contribution in [-0.2, 0) is 0 Å². The zero-order chi connectivity index (χ0) is 10.4. The van der Waals surface area contributed by atoms with Gasteiger partial charge in [-0.2, -0.15) is 0 Å². The van der Waals surface area contributed by atoms with Crippen molar-refractivity contribution < 1.29 is 4.39 Å². The molecule has 0 saturated carbocycles. The second-order valence-electron chi connectivity index (χ2n) is 4.31. The molecule has 0 radical (unpaired) electrons. The van der Waals surface area contributed by atoms with Gasteiger partial charge in [0.15, 0.2) is 0 Å². The van der Waals surface area contributed by atoms with Gasteiger partial charge >= 0.3 is 0 Å². The summed E-state index contributed by atoms with van der Waals surface area (Å²) < 4.78 is 13.2. The molecule has 14 heavy (non-hydrogen) atoms. The van der Waals surface area contributed by atoms with E-state index in [0.717, 1.165) is 26.1 Å². The summed E-state index contributed by atoms with van der Waals surface area (Å²) in [6.45, 7) is 5.20. The predicted molar refractivity (Wildman–Crippen MR) is 58.3 cm³/mol. The number of hydrogen-bond donors (Lipinski definition) is 1. The molecule has 2 unspecified atom stereocenters. The van der Waals surface area contributed by atoms with Crippen LogP contribution in [0.5, 0.6) is 0 Å². The Labute approximate surface area is 86.9 Å². The van der Waals surface area contributed by atoms with Crippen molar-refractivity contribution in [2.75, 3.05) is 26.7 Å². The number of unbranched alkanes of at least 4 members (excludes halogenated alkanes) is 1. The first-order valence-corrected chi connectivity index (χ1v) is 5.80. The molecule has 1 aliphatic rings. The zero-order valence-electron chi connectivity index (χ0n) is 9.43. The molecule has 1 heterocycles. The second-order valence-corrected chi connectivity index (χ2v) is 4.31. The Morgan fingerprint density at radius 1 is 1.43 bits per heavy atom. The van der Waals surface area contributed by atoms with Gasteiger partial charge in [-0.05, 0) is 45.9 Å². The van der Waals surface area contributed by atoms with Crippen molar-refractivity contribution in [3.63, 3.8) is 0 Å². The van der Waals surface area contributed by atoms with Gasteiger partial charge in [0.05, 0.1) is 0 Å². The molecule has 1 fully saturated rings. The maximum absolute atomic E-state index is 13.2. The number of hydrogen-bond acceptors (Lipinski definition) is 2. The van der Waals surface area contributed by atoms with Gasteiger partial charge in [-0.15, -0.1) is 0 Å². The average molecular weight is 202 g/mol. The molecule has 2 nitrogen and oxygen atoms in total. The molecule has 2 atom stereocenters. The second kappa shape index (κ2) is 6.36. The lowest BCUT2D eigenvalue weighted by molar-refractivity contribution is 0.253. The van der Waals surface area contributed by atoms with E-state index in [1.165, 1.54) is 12.8 Å². The predicted octanol–water partition coefficient (Wildman–Crippen LogP) is 1.81. The van der Waals surface area contributed by atoms with Crippen LogP contribution in [-0.4, -0.2) is 43.8 Å². The van der Waals surface area contributed by atoms with E-state index in [0.29, 0.717) is 6.42 Å². The van der Waals surface area contributed by atoms with Crippen LogP contribution in [0.3, 0.4) is 0 Å². The largest absolute Gasteiger partial charge is 0.311 e. The molecule has 0 aromatic rings. The van der Waals surface area contributed by atoms with Crippen LogP contribution in [0.2, 0.25) is 0 Å². The fraction of sp³-hybridized carbons (Fsp3) is 1.00. The van der Waals surface area contributed by atoms with Gasteiger partial charge in [-0.1, -0.05) is 13.3 Å². The van der Waals surface area contributed by atoms with E-state index in [2.05, 4.69) is 24.2 Å². The smallest absolute Gasteiger partial charge is 0.117 e. The number of rotatable bonds is 6. The maximum atomic E-state index is 13.2. The average Bonchev–Trinajstić information content (AvgIpc) is 2.58. The maximum Gasteiger partial charge on any atom is 0.117 e. The highest BCUT2D eigenvalue weighted by Gasteiger charge is 2.25. The standard InChI is InChI=1S/C11H23FN2/c1-3-4-8-14(2)9-6-11-10(12)5-7-13-11/h10-11,13H,3-9H2,1-2H3. The summed E-state index contributed by atoms with van der Waals surface area (Å²) in [4.78, 5) is 2.30. The molecule has 0 amide bonds. The lowest BCUT2D eigenvalue weighted by Gasteiger charge is -2.19. The van der Waals surface area contributed by atoms with E-state index in [1.807, 2.05) is 0 Å². The van der Waals surface area contributed by atoms with Gasteiger partial charge in [0.2, 0.25) is 0 Å². The Morgan fingerprint density at radius 2 is 2.21 bits per heavy atom. The van der Waals surface area contributed by atoms with Crippen molar-refractivity contribution in [2.45, 2.75) is 44.8 Å². The molecule has 0 aliphatic carbocycles. The third kappa shape index (κ3) is 3.93. The van der Waals surface area contributed by atoms with Gasteiger partial charge in [-0.3, -0.25) is 0 Å². The van der Waals surface area contributed by atoms with Crippen LogP contribution in [0.1, 0.15) is 32.6 Å². The van der Waals surface area contributed by atoms with Crippen LogP contribution in [0.4, 0.5) is 4.39 Å². The summed E-state index contributed by atoms with van der Waals surface area (Å²) in [5.74, 6) is 0. The van der Waals surface area contributed by atoms with Crippen LogP contribution >= 0.6 is 0 Å². The SMILES string of the molecule is CCCCN(C)CCC1NCCC1F. The summed E-state index contributed by atoms with van der Waals surface area (Å²) in [5, 5.41) is 3.22. The number of alkyl halides is 1. The Morgan fingerprint density at radius 3 is 2.79 bits per heavy atom. The van der Waals surface area contributed by atoms with E-state index >= 15 is 0 Å². The summed E-state index contributed by atoms with van der Waals surface area (Å²) >= 11 is 0. The first kappa shape index (κ1) is 11.9. The van der Waals surface area contributed by atoms with Crippen LogP contribution in [0.25, 0.3) is 0 Å². The fourth-order valence-corrected chi connectivity index (χ4v) is 1.92. The van der Waals surface area contributed by atoms with Crippen molar-refractivity contribution in [3.05, 3.63) is 0 Å². The van der Waals surface area contributed by atoms with Crippen LogP contribution in [0.15, 0.2) is 0 Å². The Balaban J connectivity index is 2.07. The van der Waals surface area contributed by atoms with Gasteiger partial charge < -0.3 is 10.2 Å². The van der Waals surface area contributed by atoms with E-state index in [1.54, 1.807) is 0 Å². The molecule has 3 heteroatoms. The Bertz CT molecular complexity index is 152. The molecule has 0 aromatic heterocycles. The molecule has 84 valence electrons. The summed E-state index contributed by atoms with van der Waals surface area (Å²) in [6, 6.07) is 0.110. The van der Waals surface area contributed by atoms with Crippen molar-refractivity contribution in [3.8, 4) is 0 Å². The molecule has 1 rings (SSSR count). The third-order valence-corrected chi connectivity index (χ3v) is 2.98. The number of nitrogens with one attached hydrogen (secondary N) is 1. The molecule has 1 N–H and O–H groups in total. The zero-order valence-corrected chi connectivity index (χ0v) is 9.43. The van der Waals surface area contributed by atoms with Gasteiger partial charge in [0.25, 0.3) is 0 Å². The molecule has 1 aliphatic heterocycles. The van der Waals surface area contributed by atoms with Crippen molar-refractivity contribution in [1.82, 2.24) is 10.2 Å². The summed E-state index contributed by atoms with van der Waals surface area (Å²) in [7, 11) is 2.12. The minimum absolute atomic E-state index is 0.110. The fourth-order valence-electron chi connectivity index (χ4n) is 1.92. The highest BCUT2D eigenvalue weighted by molar-refractivity contribution is 4.83.